The second-order valence-corrected chi connectivity index (χ2v) is 4.84. The Morgan fingerprint density at radius 1 is 1.35 bits per heavy atom. The summed E-state index contributed by atoms with van der Waals surface area (Å²) in [6.07, 6.45) is -0.216. The normalized spacial score (nSPS) is 26.2. The zero-order valence-electron chi connectivity index (χ0n) is 11.5. The molecule has 110 valence electrons. The monoisotopic (exact) mass is 280 g/mol. The van der Waals surface area contributed by atoms with Gasteiger partial charge in [0.15, 0.2) is 6.29 Å². The van der Waals surface area contributed by atoms with Gasteiger partial charge < -0.3 is 19.3 Å². The van der Waals surface area contributed by atoms with E-state index < -0.39 is 12.4 Å². The van der Waals surface area contributed by atoms with E-state index in [-0.39, 0.29) is 18.7 Å². The van der Waals surface area contributed by atoms with Crippen LogP contribution in [0.1, 0.15) is 25.3 Å². The van der Waals surface area contributed by atoms with E-state index in [4.69, 9.17) is 14.2 Å². The Hall–Kier alpha value is -1.43. The minimum absolute atomic E-state index is 0.103. The summed E-state index contributed by atoms with van der Waals surface area (Å²) < 4.78 is 16.2. The predicted octanol–water partition coefficient (Wildman–Crippen LogP) is 1.63. The number of ether oxygens (including phenoxy) is 3. The summed E-state index contributed by atoms with van der Waals surface area (Å²) in [6, 6.07) is 9.83. The quantitative estimate of drug-likeness (QED) is 0.830. The summed E-state index contributed by atoms with van der Waals surface area (Å²) in [7, 11) is 0. The zero-order chi connectivity index (χ0) is 14.4. The van der Waals surface area contributed by atoms with Crippen LogP contribution in [0.4, 0.5) is 0 Å². The molecule has 20 heavy (non-hydrogen) atoms. The SMILES string of the molecule is CC(=O)OC[C@@H]1O[C@@H](O)CC[C@@H]1OCc1ccccc1. The zero-order valence-corrected chi connectivity index (χ0v) is 11.5. The lowest BCUT2D eigenvalue weighted by atomic mass is 10.0. The second kappa shape index (κ2) is 7.38. The molecule has 1 aromatic carbocycles. The van der Waals surface area contributed by atoms with Crippen LogP contribution in [0.25, 0.3) is 0 Å². The molecule has 1 N–H and O–H groups in total. The predicted molar refractivity (Wildman–Crippen MR) is 71.8 cm³/mol. The van der Waals surface area contributed by atoms with Crippen molar-refractivity contribution in [2.24, 2.45) is 0 Å². The molecule has 0 aromatic heterocycles. The van der Waals surface area contributed by atoms with Gasteiger partial charge in [-0.2, -0.15) is 0 Å². The molecular formula is C15H20O5. The van der Waals surface area contributed by atoms with Crippen LogP contribution in [0.15, 0.2) is 30.3 Å². The van der Waals surface area contributed by atoms with Gasteiger partial charge in [-0.1, -0.05) is 30.3 Å². The van der Waals surface area contributed by atoms with Crippen LogP contribution in [-0.4, -0.2) is 36.2 Å². The number of aliphatic hydroxyl groups is 1. The molecule has 0 spiro atoms. The maximum Gasteiger partial charge on any atom is 0.302 e. The first-order chi connectivity index (χ1) is 9.65. The van der Waals surface area contributed by atoms with E-state index in [0.29, 0.717) is 19.4 Å². The third kappa shape index (κ3) is 4.59. The smallest absolute Gasteiger partial charge is 0.302 e. The topological polar surface area (TPSA) is 65.0 Å². The van der Waals surface area contributed by atoms with Gasteiger partial charge >= 0.3 is 5.97 Å². The van der Waals surface area contributed by atoms with Gasteiger partial charge in [0.1, 0.15) is 12.7 Å². The first-order valence-electron chi connectivity index (χ1n) is 6.77. The van der Waals surface area contributed by atoms with E-state index in [9.17, 15) is 9.90 Å². The minimum Gasteiger partial charge on any atom is -0.463 e. The summed E-state index contributed by atoms with van der Waals surface area (Å²) in [6.45, 7) is 1.92. The van der Waals surface area contributed by atoms with Gasteiger partial charge in [-0.25, -0.2) is 0 Å². The van der Waals surface area contributed by atoms with E-state index in [1.165, 1.54) is 6.92 Å². The Morgan fingerprint density at radius 2 is 2.10 bits per heavy atom. The third-order valence-electron chi connectivity index (χ3n) is 3.20. The Balaban J connectivity index is 1.87. The number of benzene rings is 1. The van der Waals surface area contributed by atoms with Gasteiger partial charge in [0.25, 0.3) is 0 Å². The molecule has 3 atom stereocenters. The number of hydrogen-bond acceptors (Lipinski definition) is 5. The van der Waals surface area contributed by atoms with Crippen molar-refractivity contribution in [3.63, 3.8) is 0 Å². The van der Waals surface area contributed by atoms with Crippen LogP contribution in [0.2, 0.25) is 0 Å². The molecule has 5 nitrogen and oxygen atoms in total. The van der Waals surface area contributed by atoms with Gasteiger partial charge in [0.2, 0.25) is 0 Å². The first kappa shape index (κ1) is 15.0. The highest BCUT2D eigenvalue weighted by Crippen LogP contribution is 2.22. The maximum atomic E-state index is 10.9. The maximum absolute atomic E-state index is 10.9. The van der Waals surface area contributed by atoms with Crippen LogP contribution in [0.5, 0.6) is 0 Å². The molecule has 1 aliphatic heterocycles. The molecule has 1 aromatic rings. The molecule has 2 rings (SSSR count). The van der Waals surface area contributed by atoms with Crippen LogP contribution in [0, 0.1) is 0 Å². The fraction of sp³-hybridized carbons (Fsp3) is 0.533. The third-order valence-corrected chi connectivity index (χ3v) is 3.20. The van der Waals surface area contributed by atoms with Crippen molar-refractivity contribution in [1.82, 2.24) is 0 Å². The molecule has 1 fully saturated rings. The van der Waals surface area contributed by atoms with Crippen molar-refractivity contribution < 1.29 is 24.1 Å². The first-order valence-corrected chi connectivity index (χ1v) is 6.77. The van der Waals surface area contributed by atoms with Crippen molar-refractivity contribution in [3.8, 4) is 0 Å². The molecule has 0 saturated carbocycles. The van der Waals surface area contributed by atoms with Gasteiger partial charge in [0, 0.05) is 13.3 Å². The number of hydrogen-bond donors (Lipinski definition) is 1. The molecule has 5 heteroatoms. The highest BCUT2D eigenvalue weighted by atomic mass is 16.6. The Kier molecular flexibility index (Phi) is 5.52. The average Bonchev–Trinajstić information content (AvgIpc) is 2.45. The van der Waals surface area contributed by atoms with Crippen molar-refractivity contribution >= 4 is 5.97 Å². The molecule has 0 unspecified atom stereocenters. The molecule has 1 aliphatic rings. The van der Waals surface area contributed by atoms with Gasteiger partial charge in [-0.3, -0.25) is 4.79 Å². The molecule has 1 saturated heterocycles. The number of rotatable bonds is 5. The lowest BCUT2D eigenvalue weighted by Crippen LogP contribution is -2.43. The fourth-order valence-corrected chi connectivity index (χ4v) is 2.16. The van der Waals surface area contributed by atoms with Crippen LogP contribution in [0.3, 0.4) is 0 Å². The lowest BCUT2D eigenvalue weighted by Gasteiger charge is -2.33. The summed E-state index contributed by atoms with van der Waals surface area (Å²) in [5.41, 5.74) is 1.07. The van der Waals surface area contributed by atoms with Gasteiger partial charge in [-0.05, 0) is 12.0 Å². The Morgan fingerprint density at radius 3 is 2.80 bits per heavy atom. The molecule has 0 aliphatic carbocycles. The van der Waals surface area contributed by atoms with E-state index in [1.807, 2.05) is 30.3 Å². The molecule has 1 heterocycles. The van der Waals surface area contributed by atoms with Crippen molar-refractivity contribution in [2.75, 3.05) is 6.61 Å². The Labute approximate surface area is 118 Å². The van der Waals surface area contributed by atoms with Crippen LogP contribution in [-0.2, 0) is 25.6 Å². The number of carbonyl (C=O) groups is 1. The second-order valence-electron chi connectivity index (χ2n) is 4.84. The molecule has 0 radical (unpaired) electrons. The van der Waals surface area contributed by atoms with Crippen molar-refractivity contribution in [3.05, 3.63) is 35.9 Å². The number of aliphatic hydroxyl groups excluding tert-OH is 1. The van der Waals surface area contributed by atoms with Crippen molar-refractivity contribution in [1.29, 1.82) is 0 Å². The number of carbonyl (C=O) groups excluding carboxylic acids is 1. The summed E-state index contributed by atoms with van der Waals surface area (Å²) >= 11 is 0. The fourth-order valence-electron chi connectivity index (χ4n) is 2.16. The van der Waals surface area contributed by atoms with E-state index in [0.717, 1.165) is 5.56 Å². The van der Waals surface area contributed by atoms with Crippen LogP contribution >= 0.6 is 0 Å². The van der Waals surface area contributed by atoms with Crippen LogP contribution < -0.4 is 0 Å². The standard InChI is InChI=1S/C15H20O5/c1-11(16)18-10-14-13(7-8-15(17)20-14)19-9-12-5-3-2-4-6-12/h2-6,13-15,17H,7-10H2,1H3/t13-,14-,15+/m0/s1. The van der Waals surface area contributed by atoms with E-state index >= 15 is 0 Å². The van der Waals surface area contributed by atoms with Gasteiger partial charge in [-0.15, -0.1) is 0 Å². The summed E-state index contributed by atoms with van der Waals surface area (Å²) in [5, 5.41) is 9.53. The Bertz CT molecular complexity index is 420. The van der Waals surface area contributed by atoms with E-state index in [1.54, 1.807) is 0 Å². The van der Waals surface area contributed by atoms with Gasteiger partial charge in [0.05, 0.1) is 12.7 Å². The van der Waals surface area contributed by atoms with Crippen molar-refractivity contribution in [2.45, 2.75) is 44.9 Å². The summed E-state index contributed by atoms with van der Waals surface area (Å²) in [5.74, 6) is -0.365. The lowest BCUT2D eigenvalue weighted by molar-refractivity contribution is -0.223. The van der Waals surface area contributed by atoms with E-state index in [2.05, 4.69) is 0 Å². The average molecular weight is 280 g/mol. The molecule has 0 bridgehead atoms. The summed E-state index contributed by atoms with van der Waals surface area (Å²) in [4.78, 5) is 10.9. The number of esters is 1. The molecular weight excluding hydrogens is 260 g/mol. The largest absolute Gasteiger partial charge is 0.463 e. The molecule has 0 amide bonds. The highest BCUT2D eigenvalue weighted by Gasteiger charge is 2.32. The highest BCUT2D eigenvalue weighted by molar-refractivity contribution is 5.65. The minimum atomic E-state index is -0.813.